The second-order valence-electron chi connectivity index (χ2n) is 4.66. The van der Waals surface area contributed by atoms with Crippen molar-refractivity contribution in [3.63, 3.8) is 0 Å². The fourth-order valence-electron chi connectivity index (χ4n) is 2.16. The maximum Gasteiger partial charge on any atom is 0.419 e. The van der Waals surface area contributed by atoms with Crippen molar-refractivity contribution in [1.82, 2.24) is 10.6 Å². The monoisotopic (exact) mass is 290 g/mol. The number of amides is 1. The second-order valence-corrected chi connectivity index (χ2v) is 4.66. The maximum absolute atomic E-state index is 13.8. The molecule has 0 unspecified atom stereocenters. The SMILES string of the molecule is O=C(NC1CCNCC1)c1cccc(C(F)(F)F)c1F. The molecule has 7 heteroatoms. The van der Waals surface area contributed by atoms with Gasteiger partial charge in [-0.2, -0.15) is 13.2 Å². The normalized spacial score (nSPS) is 17.0. The van der Waals surface area contributed by atoms with E-state index in [1.807, 2.05) is 0 Å². The van der Waals surface area contributed by atoms with Crippen LogP contribution in [0.4, 0.5) is 17.6 Å². The van der Waals surface area contributed by atoms with Gasteiger partial charge in [-0.15, -0.1) is 0 Å². The minimum Gasteiger partial charge on any atom is -0.349 e. The first-order chi connectivity index (χ1) is 9.39. The van der Waals surface area contributed by atoms with Gasteiger partial charge in [-0.3, -0.25) is 4.79 Å². The molecule has 20 heavy (non-hydrogen) atoms. The van der Waals surface area contributed by atoms with Gasteiger partial charge in [0.05, 0.1) is 11.1 Å². The lowest BCUT2D eigenvalue weighted by molar-refractivity contribution is -0.140. The second kappa shape index (κ2) is 5.78. The fraction of sp³-hybridized carbons (Fsp3) is 0.462. The van der Waals surface area contributed by atoms with E-state index in [0.717, 1.165) is 25.2 Å². The van der Waals surface area contributed by atoms with Gasteiger partial charge in [0.15, 0.2) is 0 Å². The van der Waals surface area contributed by atoms with E-state index >= 15 is 0 Å². The average molecular weight is 290 g/mol. The Morgan fingerprint density at radius 3 is 2.50 bits per heavy atom. The predicted octanol–water partition coefficient (Wildman–Crippen LogP) is 2.33. The lowest BCUT2D eigenvalue weighted by atomic mass is 10.0. The molecule has 0 atom stereocenters. The fourth-order valence-corrected chi connectivity index (χ4v) is 2.16. The van der Waals surface area contributed by atoms with Gasteiger partial charge in [-0.1, -0.05) is 6.07 Å². The number of piperidine rings is 1. The Hall–Kier alpha value is -1.63. The third-order valence-corrected chi connectivity index (χ3v) is 3.22. The maximum atomic E-state index is 13.8. The molecule has 0 bridgehead atoms. The van der Waals surface area contributed by atoms with Crippen LogP contribution in [0.15, 0.2) is 18.2 Å². The van der Waals surface area contributed by atoms with Crippen LogP contribution in [0.1, 0.15) is 28.8 Å². The van der Waals surface area contributed by atoms with Gasteiger partial charge in [0.25, 0.3) is 5.91 Å². The topological polar surface area (TPSA) is 41.1 Å². The van der Waals surface area contributed by atoms with E-state index in [-0.39, 0.29) is 6.04 Å². The number of carbonyl (C=O) groups is 1. The molecule has 0 radical (unpaired) electrons. The van der Waals surface area contributed by atoms with Gasteiger partial charge in [-0.25, -0.2) is 4.39 Å². The Kier molecular flexibility index (Phi) is 4.27. The smallest absolute Gasteiger partial charge is 0.349 e. The highest BCUT2D eigenvalue weighted by Gasteiger charge is 2.35. The Balaban J connectivity index is 2.17. The van der Waals surface area contributed by atoms with Gasteiger partial charge in [-0.05, 0) is 38.1 Å². The molecule has 0 saturated carbocycles. The highest BCUT2D eigenvalue weighted by Crippen LogP contribution is 2.32. The van der Waals surface area contributed by atoms with Crippen molar-refractivity contribution >= 4 is 5.91 Å². The lowest BCUT2D eigenvalue weighted by Gasteiger charge is -2.24. The molecule has 0 aliphatic carbocycles. The molecule has 1 amide bonds. The van der Waals surface area contributed by atoms with Crippen LogP contribution in [0.5, 0.6) is 0 Å². The standard InChI is InChI=1S/C13H14F4N2O/c14-11-9(2-1-3-10(11)13(15,16)17)12(20)19-8-4-6-18-7-5-8/h1-3,8,18H,4-7H2,(H,19,20). The number of rotatable bonds is 2. The Labute approximate surface area is 113 Å². The molecule has 1 aliphatic heterocycles. The van der Waals surface area contributed by atoms with E-state index in [4.69, 9.17) is 0 Å². The molecule has 2 N–H and O–H groups in total. The van der Waals surface area contributed by atoms with E-state index in [0.29, 0.717) is 18.9 Å². The third-order valence-electron chi connectivity index (χ3n) is 3.22. The van der Waals surface area contributed by atoms with E-state index in [2.05, 4.69) is 10.6 Å². The van der Waals surface area contributed by atoms with Crippen LogP contribution in [0.25, 0.3) is 0 Å². The van der Waals surface area contributed by atoms with Crippen LogP contribution in [0, 0.1) is 5.82 Å². The zero-order chi connectivity index (χ0) is 14.8. The Morgan fingerprint density at radius 2 is 1.90 bits per heavy atom. The van der Waals surface area contributed by atoms with Gasteiger partial charge in [0.2, 0.25) is 0 Å². The first-order valence-electron chi connectivity index (χ1n) is 6.27. The number of alkyl halides is 3. The van der Waals surface area contributed by atoms with Gasteiger partial charge in [0, 0.05) is 6.04 Å². The molecular formula is C13H14F4N2O. The highest BCUT2D eigenvalue weighted by molar-refractivity contribution is 5.94. The third kappa shape index (κ3) is 3.27. The zero-order valence-corrected chi connectivity index (χ0v) is 10.6. The summed E-state index contributed by atoms with van der Waals surface area (Å²) in [5.74, 6) is -2.33. The summed E-state index contributed by atoms with van der Waals surface area (Å²) in [4.78, 5) is 11.9. The first-order valence-corrected chi connectivity index (χ1v) is 6.27. The average Bonchev–Trinajstić information content (AvgIpc) is 2.38. The van der Waals surface area contributed by atoms with E-state index in [1.165, 1.54) is 0 Å². The largest absolute Gasteiger partial charge is 0.419 e. The number of hydrogen-bond donors (Lipinski definition) is 2. The molecule has 0 aromatic heterocycles. The van der Waals surface area contributed by atoms with E-state index in [9.17, 15) is 22.4 Å². The van der Waals surface area contributed by atoms with Crippen molar-refractivity contribution in [3.8, 4) is 0 Å². The minimum atomic E-state index is -4.81. The number of halogens is 4. The number of benzene rings is 1. The molecule has 1 saturated heterocycles. The Morgan fingerprint density at radius 1 is 1.25 bits per heavy atom. The van der Waals surface area contributed by atoms with Crippen LogP contribution in [-0.2, 0) is 6.18 Å². The summed E-state index contributed by atoms with van der Waals surface area (Å²) in [6.07, 6.45) is -3.46. The van der Waals surface area contributed by atoms with Gasteiger partial charge < -0.3 is 10.6 Å². The molecule has 1 heterocycles. The van der Waals surface area contributed by atoms with Crippen LogP contribution < -0.4 is 10.6 Å². The van der Waals surface area contributed by atoms with E-state index in [1.54, 1.807) is 0 Å². The van der Waals surface area contributed by atoms with Crippen molar-refractivity contribution in [2.45, 2.75) is 25.1 Å². The van der Waals surface area contributed by atoms with Gasteiger partial charge >= 0.3 is 6.18 Å². The summed E-state index contributed by atoms with van der Waals surface area (Å²) >= 11 is 0. The molecule has 2 rings (SSSR count). The van der Waals surface area contributed by atoms with E-state index < -0.39 is 29.0 Å². The molecule has 1 aromatic carbocycles. The predicted molar refractivity (Wildman–Crippen MR) is 64.8 cm³/mol. The van der Waals surface area contributed by atoms with Gasteiger partial charge in [0.1, 0.15) is 5.82 Å². The summed E-state index contributed by atoms with van der Waals surface area (Å²) in [6, 6.07) is 2.57. The van der Waals surface area contributed by atoms with Crippen LogP contribution >= 0.6 is 0 Å². The van der Waals surface area contributed by atoms with Crippen LogP contribution in [0.3, 0.4) is 0 Å². The molecule has 0 spiro atoms. The van der Waals surface area contributed by atoms with Crippen molar-refractivity contribution in [3.05, 3.63) is 35.1 Å². The molecule has 3 nitrogen and oxygen atoms in total. The zero-order valence-electron chi connectivity index (χ0n) is 10.6. The highest BCUT2D eigenvalue weighted by atomic mass is 19.4. The summed E-state index contributed by atoms with van der Waals surface area (Å²) in [5.41, 5.74) is -1.99. The van der Waals surface area contributed by atoms with Crippen molar-refractivity contribution < 1.29 is 22.4 Å². The Bertz CT molecular complexity index is 496. The molecule has 110 valence electrons. The van der Waals surface area contributed by atoms with Crippen LogP contribution in [-0.4, -0.2) is 25.0 Å². The number of hydrogen-bond acceptors (Lipinski definition) is 2. The first kappa shape index (κ1) is 14.8. The number of carbonyl (C=O) groups excluding carboxylic acids is 1. The minimum absolute atomic E-state index is 0.141. The summed E-state index contributed by atoms with van der Waals surface area (Å²) in [7, 11) is 0. The molecule has 1 fully saturated rings. The van der Waals surface area contributed by atoms with Crippen LogP contribution in [0.2, 0.25) is 0 Å². The summed E-state index contributed by atoms with van der Waals surface area (Å²) in [6.45, 7) is 1.44. The van der Waals surface area contributed by atoms with Crippen molar-refractivity contribution in [2.75, 3.05) is 13.1 Å². The number of nitrogens with one attached hydrogen (secondary N) is 2. The van der Waals surface area contributed by atoms with Crippen molar-refractivity contribution in [2.24, 2.45) is 0 Å². The molecule has 1 aliphatic rings. The lowest BCUT2D eigenvalue weighted by Crippen LogP contribution is -2.43. The summed E-state index contributed by atoms with van der Waals surface area (Å²) in [5, 5.41) is 5.66. The molecule has 1 aromatic rings. The molecular weight excluding hydrogens is 276 g/mol. The quantitative estimate of drug-likeness (QED) is 0.821. The summed E-state index contributed by atoms with van der Waals surface area (Å²) < 4.78 is 51.5. The van der Waals surface area contributed by atoms with Crippen molar-refractivity contribution in [1.29, 1.82) is 0 Å².